The number of hydrogen-bond acceptors (Lipinski definition) is 2. The Hall–Kier alpha value is -5.48. The molecule has 0 fully saturated rings. The van der Waals surface area contributed by atoms with Crippen LogP contribution in [-0.2, 0) is 0 Å². The van der Waals surface area contributed by atoms with E-state index >= 15 is 0 Å². The van der Waals surface area contributed by atoms with Gasteiger partial charge in [-0.3, -0.25) is 0 Å². The third kappa shape index (κ3) is 2.85. The predicted octanol–water partition coefficient (Wildman–Crippen LogP) is 8.98. The summed E-state index contributed by atoms with van der Waals surface area (Å²) in [4.78, 5) is 0. The van der Waals surface area contributed by atoms with Crippen molar-refractivity contribution in [1.82, 2.24) is 19.6 Å². The van der Waals surface area contributed by atoms with Crippen LogP contribution in [0.25, 0.3) is 76.3 Å². The molecule has 4 heteroatoms. The van der Waals surface area contributed by atoms with Crippen LogP contribution in [0.2, 0.25) is 0 Å². The van der Waals surface area contributed by atoms with Crippen molar-refractivity contribution in [3.05, 3.63) is 134 Å². The zero-order chi connectivity index (χ0) is 26.2. The first kappa shape index (κ1) is 21.5. The molecule has 0 aliphatic rings. The summed E-state index contributed by atoms with van der Waals surface area (Å²) in [6.45, 7) is 0. The summed E-state index contributed by atoms with van der Waals surface area (Å²) < 4.78 is 4.13. The highest BCUT2D eigenvalue weighted by Crippen LogP contribution is 2.37. The Morgan fingerprint density at radius 1 is 0.300 bits per heavy atom. The van der Waals surface area contributed by atoms with Crippen LogP contribution < -0.4 is 0 Å². The summed E-state index contributed by atoms with van der Waals surface area (Å²) in [5.41, 5.74) is 4.30. The number of benzene rings is 7. The molecule has 0 saturated heterocycles. The Morgan fingerprint density at radius 3 is 0.925 bits per heavy atom. The monoisotopic (exact) mass is 510 g/mol. The fourth-order valence-corrected chi connectivity index (χ4v) is 6.49. The van der Waals surface area contributed by atoms with E-state index in [9.17, 15) is 0 Å². The molecule has 9 rings (SSSR count). The molecule has 0 N–H and O–H groups in total. The molecule has 0 aliphatic heterocycles. The number of aromatic nitrogens is 4. The second-order valence-corrected chi connectivity index (χ2v) is 10.3. The first-order valence-electron chi connectivity index (χ1n) is 13.5. The third-order valence-electron chi connectivity index (χ3n) is 8.26. The Labute approximate surface area is 229 Å². The van der Waals surface area contributed by atoms with E-state index in [1.165, 1.54) is 43.1 Å². The number of hydrogen-bond donors (Lipinski definition) is 0. The van der Waals surface area contributed by atoms with Crippen molar-refractivity contribution in [1.29, 1.82) is 0 Å². The van der Waals surface area contributed by atoms with E-state index in [1.807, 2.05) is 12.4 Å². The number of fused-ring (bicyclic) bond motifs is 12. The van der Waals surface area contributed by atoms with E-state index in [0.717, 1.165) is 33.2 Å². The van der Waals surface area contributed by atoms with Gasteiger partial charge < -0.3 is 0 Å². The van der Waals surface area contributed by atoms with Gasteiger partial charge in [0.05, 0.1) is 34.8 Å². The lowest BCUT2D eigenvalue weighted by molar-refractivity contribution is 0.896. The van der Waals surface area contributed by atoms with Gasteiger partial charge >= 0.3 is 0 Å². The highest BCUT2D eigenvalue weighted by molar-refractivity contribution is 6.25. The second kappa shape index (κ2) is 8.01. The highest BCUT2D eigenvalue weighted by atomic mass is 15.3. The van der Waals surface area contributed by atoms with Gasteiger partial charge in [0, 0.05) is 21.5 Å². The second-order valence-electron chi connectivity index (χ2n) is 10.3. The Kier molecular flexibility index (Phi) is 4.30. The molecule has 2 aromatic heterocycles. The molecule has 0 saturated carbocycles. The van der Waals surface area contributed by atoms with Gasteiger partial charge in [0.1, 0.15) is 0 Å². The first-order chi connectivity index (χ1) is 19.9. The van der Waals surface area contributed by atoms with E-state index in [1.54, 1.807) is 0 Å². The van der Waals surface area contributed by atoms with Crippen LogP contribution in [0.3, 0.4) is 0 Å². The summed E-state index contributed by atoms with van der Waals surface area (Å²) in [6.07, 6.45) is 3.99. The normalized spacial score (nSPS) is 12.0. The van der Waals surface area contributed by atoms with Crippen LogP contribution >= 0.6 is 0 Å². The molecule has 0 spiro atoms. The summed E-state index contributed by atoms with van der Waals surface area (Å²) >= 11 is 0. The minimum atomic E-state index is 1.02. The first-order valence-corrected chi connectivity index (χ1v) is 13.5. The largest absolute Gasteiger partial charge is 0.232 e. The highest BCUT2D eigenvalue weighted by Gasteiger charge is 2.16. The van der Waals surface area contributed by atoms with Crippen LogP contribution in [0.15, 0.2) is 134 Å². The minimum Gasteiger partial charge on any atom is -0.232 e. The maximum absolute atomic E-state index is 4.88. The summed E-state index contributed by atoms with van der Waals surface area (Å²) in [5.74, 6) is 0. The molecule has 186 valence electrons. The standard InChI is InChI=1S/C36H22N4/c1-3-13-29-25(9-1)27-11-5-7-15-31(27)35-33(29)21-37-39(35)23-17-19-24(20-18-23)40-36-32-16-8-6-12-28(32)26-10-2-4-14-30(26)34(36)22-38-40/h1-22H. The molecule has 0 amide bonds. The Balaban J connectivity index is 1.26. The minimum absolute atomic E-state index is 1.02. The average Bonchev–Trinajstić information content (AvgIpc) is 3.68. The van der Waals surface area contributed by atoms with E-state index in [0.29, 0.717) is 0 Å². The molecule has 2 heterocycles. The number of rotatable bonds is 2. The smallest absolute Gasteiger partial charge is 0.0825 e. The van der Waals surface area contributed by atoms with Crippen LogP contribution in [-0.4, -0.2) is 19.6 Å². The lowest BCUT2D eigenvalue weighted by Crippen LogP contribution is -2.00. The fourth-order valence-electron chi connectivity index (χ4n) is 6.49. The van der Waals surface area contributed by atoms with Crippen LogP contribution in [0.4, 0.5) is 0 Å². The predicted molar refractivity (Wildman–Crippen MR) is 166 cm³/mol. The number of nitrogens with zero attached hydrogens (tertiary/aromatic N) is 4. The zero-order valence-corrected chi connectivity index (χ0v) is 21.5. The molecule has 9 aromatic rings. The molecule has 0 bridgehead atoms. The van der Waals surface area contributed by atoms with Crippen molar-refractivity contribution < 1.29 is 0 Å². The van der Waals surface area contributed by atoms with Gasteiger partial charge in [-0.25, -0.2) is 9.36 Å². The molecular formula is C36H22N4. The molecule has 7 aromatic carbocycles. The molecule has 0 aliphatic carbocycles. The van der Waals surface area contributed by atoms with Gasteiger partial charge in [-0.05, 0) is 56.6 Å². The topological polar surface area (TPSA) is 35.6 Å². The average molecular weight is 511 g/mol. The maximum atomic E-state index is 4.88. The Morgan fingerprint density at radius 2 is 0.575 bits per heavy atom. The van der Waals surface area contributed by atoms with Crippen molar-refractivity contribution in [2.24, 2.45) is 0 Å². The van der Waals surface area contributed by atoms with E-state index in [4.69, 9.17) is 10.2 Å². The van der Waals surface area contributed by atoms with Crippen molar-refractivity contribution >= 4 is 64.9 Å². The Bertz CT molecular complexity index is 2250. The van der Waals surface area contributed by atoms with E-state index in [2.05, 4.69) is 131 Å². The van der Waals surface area contributed by atoms with E-state index in [-0.39, 0.29) is 0 Å². The van der Waals surface area contributed by atoms with Gasteiger partial charge in [0.2, 0.25) is 0 Å². The van der Waals surface area contributed by atoms with Crippen molar-refractivity contribution in [3.63, 3.8) is 0 Å². The molecular weight excluding hydrogens is 488 g/mol. The quantitative estimate of drug-likeness (QED) is 0.218. The molecule has 0 atom stereocenters. The zero-order valence-electron chi connectivity index (χ0n) is 21.5. The molecule has 4 nitrogen and oxygen atoms in total. The molecule has 0 radical (unpaired) electrons. The lowest BCUT2D eigenvalue weighted by atomic mass is 9.98. The van der Waals surface area contributed by atoms with Crippen molar-refractivity contribution in [2.75, 3.05) is 0 Å². The summed E-state index contributed by atoms with van der Waals surface area (Å²) in [7, 11) is 0. The van der Waals surface area contributed by atoms with Crippen molar-refractivity contribution in [3.8, 4) is 11.4 Å². The maximum Gasteiger partial charge on any atom is 0.0825 e. The summed E-state index contributed by atoms with van der Waals surface area (Å²) in [6, 6.07) is 43.0. The molecule has 40 heavy (non-hydrogen) atoms. The van der Waals surface area contributed by atoms with E-state index < -0.39 is 0 Å². The third-order valence-corrected chi connectivity index (χ3v) is 8.26. The van der Waals surface area contributed by atoms with Gasteiger partial charge in [0.25, 0.3) is 0 Å². The van der Waals surface area contributed by atoms with Gasteiger partial charge in [0.15, 0.2) is 0 Å². The van der Waals surface area contributed by atoms with Gasteiger partial charge in [-0.2, -0.15) is 10.2 Å². The summed E-state index contributed by atoms with van der Waals surface area (Å²) in [5, 5.41) is 21.9. The van der Waals surface area contributed by atoms with Gasteiger partial charge in [-0.1, -0.05) is 97.1 Å². The van der Waals surface area contributed by atoms with Crippen molar-refractivity contribution in [2.45, 2.75) is 0 Å². The van der Waals surface area contributed by atoms with Crippen LogP contribution in [0, 0.1) is 0 Å². The van der Waals surface area contributed by atoms with Crippen LogP contribution in [0.5, 0.6) is 0 Å². The SMILES string of the molecule is c1ccc2c(c1)c1ccccc1c1c2cnn1-c1ccc(-n2ncc3c4ccccc4c4ccccc4c32)cc1. The molecule has 0 unspecified atom stereocenters. The van der Waals surface area contributed by atoms with Gasteiger partial charge in [-0.15, -0.1) is 0 Å². The van der Waals surface area contributed by atoms with Crippen LogP contribution in [0.1, 0.15) is 0 Å². The lowest BCUT2D eigenvalue weighted by Gasteiger charge is -2.12. The fraction of sp³-hybridized carbons (Fsp3) is 0.